The molecule has 7 nitrogen and oxygen atoms in total. The van der Waals surface area contributed by atoms with Crippen molar-refractivity contribution in [1.82, 2.24) is 29.2 Å². The molecular weight excluding hydrogens is 350 g/mol. The van der Waals surface area contributed by atoms with Gasteiger partial charge in [-0.15, -0.1) is 10.2 Å². The second-order valence-electron chi connectivity index (χ2n) is 7.70. The second kappa shape index (κ2) is 8.67. The first-order valence-electron chi connectivity index (χ1n) is 10.1. The summed E-state index contributed by atoms with van der Waals surface area (Å²) >= 11 is 0. The average Bonchev–Trinajstić information content (AvgIpc) is 3.35. The largest absolute Gasteiger partial charge is 0.330 e. The summed E-state index contributed by atoms with van der Waals surface area (Å²) in [7, 11) is 2.08. The van der Waals surface area contributed by atoms with Crippen LogP contribution in [-0.2, 0) is 26.6 Å². The lowest BCUT2D eigenvalue weighted by molar-refractivity contribution is 0.195. The van der Waals surface area contributed by atoms with E-state index in [-0.39, 0.29) is 0 Å². The van der Waals surface area contributed by atoms with E-state index >= 15 is 0 Å². The van der Waals surface area contributed by atoms with Crippen LogP contribution in [0.1, 0.15) is 41.5 Å². The lowest BCUT2D eigenvalue weighted by atomic mass is 9.96. The third-order valence-corrected chi connectivity index (χ3v) is 5.61. The highest BCUT2D eigenvalue weighted by Crippen LogP contribution is 2.27. The van der Waals surface area contributed by atoms with E-state index in [1.807, 2.05) is 17.1 Å². The zero-order valence-corrected chi connectivity index (χ0v) is 16.5. The zero-order chi connectivity index (χ0) is 19.3. The van der Waals surface area contributed by atoms with Crippen molar-refractivity contribution in [3.8, 4) is 0 Å². The molecule has 0 unspecified atom stereocenters. The van der Waals surface area contributed by atoms with Gasteiger partial charge in [-0.25, -0.2) is 4.98 Å². The number of benzene rings is 1. The molecule has 2 N–H and O–H groups in total. The highest BCUT2D eigenvalue weighted by molar-refractivity contribution is 5.23. The number of nitrogens with zero attached hydrogens (tertiary/aromatic N) is 6. The fraction of sp³-hybridized carbons (Fsp3) is 0.476. The quantitative estimate of drug-likeness (QED) is 0.679. The van der Waals surface area contributed by atoms with Crippen LogP contribution in [0.5, 0.6) is 0 Å². The number of likely N-dealkylation sites (tertiary alicyclic amines) is 1. The van der Waals surface area contributed by atoms with Crippen LogP contribution in [0.15, 0.2) is 43.0 Å². The monoisotopic (exact) mass is 379 g/mol. The average molecular weight is 380 g/mol. The zero-order valence-electron chi connectivity index (χ0n) is 16.5. The summed E-state index contributed by atoms with van der Waals surface area (Å²) in [5.41, 5.74) is 8.32. The summed E-state index contributed by atoms with van der Waals surface area (Å²) in [6.07, 6.45) is 8.87. The van der Waals surface area contributed by atoms with Gasteiger partial charge in [0.05, 0.1) is 12.9 Å². The minimum Gasteiger partial charge on any atom is -0.330 e. The lowest BCUT2D eigenvalue weighted by Crippen LogP contribution is -2.34. The number of imidazole rings is 1. The summed E-state index contributed by atoms with van der Waals surface area (Å²) in [4.78, 5) is 6.64. The third kappa shape index (κ3) is 4.31. The van der Waals surface area contributed by atoms with Gasteiger partial charge >= 0.3 is 0 Å². The van der Waals surface area contributed by atoms with Gasteiger partial charge in [0.1, 0.15) is 5.82 Å². The Morgan fingerprint density at radius 3 is 2.68 bits per heavy atom. The Kier molecular flexibility index (Phi) is 5.83. The standard InChI is InChI=1S/C21H29N7/c1-26-20(15-28-12-10-23-16-28)24-25-21(26)19-3-2-11-27(14-19)13-18-6-4-17(5-7-18)8-9-22/h4-7,10,12,16,19H,2-3,8-9,11,13-15,22H2,1H3/t19-/m0/s1. The lowest BCUT2D eigenvalue weighted by Gasteiger charge is -2.32. The van der Waals surface area contributed by atoms with Crippen molar-refractivity contribution in [3.63, 3.8) is 0 Å². The number of hydrogen-bond acceptors (Lipinski definition) is 5. The van der Waals surface area contributed by atoms with E-state index in [1.54, 1.807) is 6.20 Å². The Bertz CT molecular complexity index is 867. The van der Waals surface area contributed by atoms with Crippen LogP contribution in [0.25, 0.3) is 0 Å². The van der Waals surface area contributed by atoms with Crippen molar-refractivity contribution >= 4 is 0 Å². The molecule has 0 aliphatic carbocycles. The van der Waals surface area contributed by atoms with E-state index in [0.717, 1.165) is 37.7 Å². The molecule has 28 heavy (non-hydrogen) atoms. The molecule has 148 valence electrons. The maximum atomic E-state index is 5.64. The van der Waals surface area contributed by atoms with Crippen molar-refractivity contribution in [2.45, 2.75) is 38.3 Å². The van der Waals surface area contributed by atoms with Gasteiger partial charge in [-0.3, -0.25) is 4.90 Å². The number of nitrogens with two attached hydrogens (primary N) is 1. The Hall–Kier alpha value is -2.51. The van der Waals surface area contributed by atoms with E-state index in [1.165, 1.54) is 24.0 Å². The van der Waals surface area contributed by atoms with Crippen LogP contribution in [0.2, 0.25) is 0 Å². The van der Waals surface area contributed by atoms with Crippen molar-refractivity contribution in [3.05, 3.63) is 65.8 Å². The Morgan fingerprint density at radius 1 is 1.11 bits per heavy atom. The van der Waals surface area contributed by atoms with Crippen molar-refractivity contribution in [1.29, 1.82) is 0 Å². The van der Waals surface area contributed by atoms with Crippen molar-refractivity contribution < 1.29 is 0 Å². The van der Waals surface area contributed by atoms with Crippen LogP contribution < -0.4 is 5.73 Å². The molecule has 2 aromatic heterocycles. The maximum absolute atomic E-state index is 5.64. The third-order valence-electron chi connectivity index (χ3n) is 5.61. The van der Waals surface area contributed by atoms with Crippen LogP contribution in [0, 0.1) is 0 Å². The molecule has 0 amide bonds. The minimum absolute atomic E-state index is 0.430. The molecule has 1 fully saturated rings. The van der Waals surface area contributed by atoms with E-state index in [0.29, 0.717) is 19.0 Å². The first-order chi connectivity index (χ1) is 13.7. The topological polar surface area (TPSA) is 77.8 Å². The van der Waals surface area contributed by atoms with Gasteiger partial charge in [-0.05, 0) is 43.5 Å². The Morgan fingerprint density at radius 2 is 1.93 bits per heavy atom. The van der Waals surface area contributed by atoms with Crippen LogP contribution in [0.4, 0.5) is 0 Å². The van der Waals surface area contributed by atoms with Gasteiger partial charge in [-0.1, -0.05) is 24.3 Å². The minimum atomic E-state index is 0.430. The van der Waals surface area contributed by atoms with Gasteiger partial charge in [0.15, 0.2) is 5.82 Å². The number of rotatable bonds is 7. The summed E-state index contributed by atoms with van der Waals surface area (Å²) in [5.74, 6) is 2.50. The molecule has 0 radical (unpaired) electrons. The predicted octanol–water partition coefficient (Wildman–Crippen LogP) is 1.94. The smallest absolute Gasteiger partial charge is 0.152 e. The predicted molar refractivity (Wildman–Crippen MR) is 109 cm³/mol. The molecule has 1 aromatic carbocycles. The second-order valence-corrected chi connectivity index (χ2v) is 7.70. The molecule has 0 spiro atoms. The molecule has 7 heteroatoms. The highest BCUT2D eigenvalue weighted by atomic mass is 15.3. The fourth-order valence-corrected chi connectivity index (χ4v) is 4.06. The van der Waals surface area contributed by atoms with E-state index in [4.69, 9.17) is 5.73 Å². The van der Waals surface area contributed by atoms with Gasteiger partial charge in [0, 0.05) is 38.4 Å². The SMILES string of the molecule is Cn1c(Cn2ccnc2)nnc1[C@H]1CCCN(Cc2ccc(CCN)cc2)C1. The van der Waals surface area contributed by atoms with E-state index in [9.17, 15) is 0 Å². The normalized spacial score (nSPS) is 17.9. The molecule has 4 rings (SSSR count). The molecule has 3 heterocycles. The highest BCUT2D eigenvalue weighted by Gasteiger charge is 2.26. The molecule has 0 saturated carbocycles. The Labute approximate surface area is 166 Å². The van der Waals surface area contributed by atoms with E-state index in [2.05, 4.69) is 56.0 Å². The number of hydrogen-bond donors (Lipinski definition) is 1. The first kappa shape index (κ1) is 18.8. The van der Waals surface area contributed by atoms with Crippen LogP contribution in [-0.4, -0.2) is 48.8 Å². The summed E-state index contributed by atoms with van der Waals surface area (Å²) < 4.78 is 4.19. The van der Waals surface area contributed by atoms with Crippen molar-refractivity contribution in [2.75, 3.05) is 19.6 Å². The Balaban J connectivity index is 1.40. The van der Waals surface area contributed by atoms with Crippen LogP contribution in [0.3, 0.4) is 0 Å². The molecular formula is C21H29N7. The molecule has 1 saturated heterocycles. The molecule has 0 bridgehead atoms. The van der Waals surface area contributed by atoms with Crippen molar-refractivity contribution in [2.24, 2.45) is 12.8 Å². The molecule has 1 aliphatic rings. The molecule has 3 aromatic rings. The summed E-state index contributed by atoms with van der Waals surface area (Å²) in [6.45, 7) is 4.56. The molecule has 1 atom stereocenters. The summed E-state index contributed by atoms with van der Waals surface area (Å²) in [6, 6.07) is 8.88. The number of piperidine rings is 1. The fourth-order valence-electron chi connectivity index (χ4n) is 4.06. The van der Waals surface area contributed by atoms with Gasteiger partial charge in [-0.2, -0.15) is 0 Å². The van der Waals surface area contributed by atoms with Crippen LogP contribution >= 0.6 is 0 Å². The van der Waals surface area contributed by atoms with E-state index < -0.39 is 0 Å². The van der Waals surface area contributed by atoms with Gasteiger partial charge in [0.2, 0.25) is 0 Å². The van der Waals surface area contributed by atoms with Gasteiger partial charge < -0.3 is 14.9 Å². The first-order valence-corrected chi connectivity index (χ1v) is 10.1. The number of aromatic nitrogens is 5. The molecule has 1 aliphatic heterocycles. The van der Waals surface area contributed by atoms with Gasteiger partial charge in [0.25, 0.3) is 0 Å². The summed E-state index contributed by atoms with van der Waals surface area (Å²) in [5, 5.41) is 8.97. The maximum Gasteiger partial charge on any atom is 0.152 e.